The summed E-state index contributed by atoms with van der Waals surface area (Å²) >= 11 is 0. The summed E-state index contributed by atoms with van der Waals surface area (Å²) in [4.78, 5) is 32.1. The SMILES string of the molecule is O=c1[nH]nc(OCc2cccc(CNCCc3ccccc3)n2)c2ccccc12.c1ccc(CCNCc2cccc(COc3nn4cnnc4c4ccccc34)n2)cc1.c1ccc(CCNCc2cccc(COc3nnc(-n4ccnn4)c4ccccc34)n2)cc1.c1ccc(CCNCc2cccc(COc3nnc(-n4nccn4)c4ccccc34)n2)cc1. The van der Waals surface area contributed by atoms with Gasteiger partial charge in [-0.3, -0.25) is 24.7 Å². The smallest absolute Gasteiger partial charge is 0.272 e. The molecule has 0 aliphatic carbocycles. The number of aromatic nitrogens is 20. The monoisotopic (exact) mass is 1670 g/mol. The zero-order chi connectivity index (χ0) is 85.4. The van der Waals surface area contributed by atoms with Crippen LogP contribution in [0.2, 0.25) is 0 Å². The van der Waals surface area contributed by atoms with Crippen molar-refractivity contribution >= 4 is 48.7 Å². The molecular formula is C97H90N24O5. The number of fused-ring (bicyclic) bond motifs is 6. The Hall–Kier alpha value is -15.7. The van der Waals surface area contributed by atoms with Gasteiger partial charge in [0.2, 0.25) is 29.3 Å². The molecule has 0 aliphatic rings. The van der Waals surface area contributed by atoms with Gasteiger partial charge in [-0.25, -0.2) is 5.10 Å². The lowest BCUT2D eigenvalue weighted by Crippen LogP contribution is -2.18. The Morgan fingerprint density at radius 2 is 0.659 bits per heavy atom. The van der Waals surface area contributed by atoms with Crippen molar-refractivity contribution in [2.45, 2.75) is 78.3 Å². The minimum absolute atomic E-state index is 0.227. The molecule has 0 fully saturated rings. The highest BCUT2D eigenvalue weighted by Gasteiger charge is 2.18. The van der Waals surface area contributed by atoms with E-state index in [4.69, 9.17) is 33.9 Å². The van der Waals surface area contributed by atoms with Gasteiger partial charge in [-0.05, 0) is 153 Å². The van der Waals surface area contributed by atoms with E-state index in [9.17, 15) is 4.79 Å². The molecule has 8 aromatic carbocycles. The van der Waals surface area contributed by atoms with Crippen molar-refractivity contribution in [3.8, 4) is 35.2 Å². The third-order valence-corrected chi connectivity index (χ3v) is 20.1. The van der Waals surface area contributed by atoms with E-state index in [1.54, 1.807) is 46.4 Å². The fourth-order valence-electron chi connectivity index (χ4n) is 13.9. The quantitative estimate of drug-likeness (QED) is 0.0234. The largest absolute Gasteiger partial charge is 0.470 e. The average molecular weight is 1670 g/mol. The van der Waals surface area contributed by atoms with Gasteiger partial charge in [0.25, 0.3) is 5.56 Å². The molecule has 19 rings (SSSR count). The van der Waals surface area contributed by atoms with Crippen LogP contribution in [0.25, 0.3) is 60.4 Å². The number of benzene rings is 8. The molecule has 0 bridgehead atoms. The summed E-state index contributed by atoms with van der Waals surface area (Å²) in [5.74, 6) is 3.02. The van der Waals surface area contributed by atoms with E-state index in [2.05, 4.69) is 190 Å². The van der Waals surface area contributed by atoms with Crippen LogP contribution in [0, 0.1) is 0 Å². The molecule has 0 spiro atoms. The summed E-state index contributed by atoms with van der Waals surface area (Å²) in [6, 6.07) is 96.3. The molecule has 5 N–H and O–H groups in total. The van der Waals surface area contributed by atoms with Gasteiger partial charge in [0.15, 0.2) is 11.5 Å². The van der Waals surface area contributed by atoms with Gasteiger partial charge >= 0.3 is 0 Å². The molecule has 11 aromatic heterocycles. The summed E-state index contributed by atoms with van der Waals surface area (Å²) in [6.07, 6.45) is 12.1. The van der Waals surface area contributed by atoms with Crippen LogP contribution in [0.15, 0.2) is 327 Å². The van der Waals surface area contributed by atoms with Crippen molar-refractivity contribution in [3.05, 3.63) is 400 Å². The lowest BCUT2D eigenvalue weighted by molar-refractivity contribution is 0.288. The molecule has 0 atom stereocenters. The zero-order valence-electron chi connectivity index (χ0n) is 69.0. The van der Waals surface area contributed by atoms with Gasteiger partial charge < -0.3 is 40.2 Å². The molecule has 0 radical (unpaired) electrons. The molecule has 0 saturated carbocycles. The molecule has 19 aromatic rings. The maximum atomic E-state index is 11.9. The van der Waals surface area contributed by atoms with Crippen molar-refractivity contribution in [3.63, 3.8) is 0 Å². The van der Waals surface area contributed by atoms with E-state index in [-0.39, 0.29) is 12.2 Å². The second-order valence-corrected chi connectivity index (χ2v) is 29.1. The lowest BCUT2D eigenvalue weighted by Gasteiger charge is -2.11. The second-order valence-electron chi connectivity index (χ2n) is 29.1. The maximum Gasteiger partial charge on any atom is 0.272 e. The van der Waals surface area contributed by atoms with E-state index < -0.39 is 0 Å². The molecule has 628 valence electrons. The van der Waals surface area contributed by atoms with Crippen LogP contribution in [-0.2, 0) is 78.3 Å². The number of ether oxygens (including phenoxy) is 4. The normalized spacial score (nSPS) is 11.0. The first kappa shape index (κ1) is 83.9. The molecular weight excluding hydrogens is 1580 g/mol. The van der Waals surface area contributed by atoms with Crippen molar-refractivity contribution < 1.29 is 18.9 Å². The van der Waals surface area contributed by atoms with Crippen molar-refractivity contribution in [1.82, 2.24) is 122 Å². The van der Waals surface area contributed by atoms with Crippen LogP contribution in [0.3, 0.4) is 0 Å². The highest BCUT2D eigenvalue weighted by Crippen LogP contribution is 2.30. The minimum atomic E-state index is -0.227. The van der Waals surface area contributed by atoms with Crippen LogP contribution < -0.4 is 45.8 Å². The van der Waals surface area contributed by atoms with Gasteiger partial charge in [-0.1, -0.05) is 218 Å². The van der Waals surface area contributed by atoms with Gasteiger partial charge in [0.1, 0.15) is 32.8 Å². The van der Waals surface area contributed by atoms with E-state index in [1.807, 2.05) is 188 Å². The molecule has 0 amide bonds. The highest BCUT2D eigenvalue weighted by atomic mass is 16.5. The first-order valence-electron chi connectivity index (χ1n) is 41.5. The Balaban J connectivity index is 0.000000124. The Morgan fingerprint density at radius 3 is 1.08 bits per heavy atom. The van der Waals surface area contributed by atoms with E-state index in [0.29, 0.717) is 97.6 Å². The van der Waals surface area contributed by atoms with Gasteiger partial charge in [0, 0.05) is 58.5 Å². The van der Waals surface area contributed by atoms with E-state index in [1.165, 1.54) is 27.1 Å². The number of hydrogen-bond acceptors (Lipinski definition) is 25. The second kappa shape index (κ2) is 43.7. The summed E-state index contributed by atoms with van der Waals surface area (Å²) in [7, 11) is 0. The fourth-order valence-corrected chi connectivity index (χ4v) is 13.9. The maximum absolute atomic E-state index is 11.9. The summed E-state index contributed by atoms with van der Waals surface area (Å²) < 4.78 is 27.1. The molecule has 0 unspecified atom stereocenters. The predicted octanol–water partition coefficient (Wildman–Crippen LogP) is 13.8. The number of H-pyrrole nitrogens is 1. The van der Waals surface area contributed by atoms with Crippen LogP contribution in [0.1, 0.15) is 67.8 Å². The van der Waals surface area contributed by atoms with E-state index in [0.717, 1.165) is 130 Å². The van der Waals surface area contributed by atoms with Gasteiger partial charge in [-0.2, -0.15) is 19.4 Å². The van der Waals surface area contributed by atoms with Gasteiger partial charge in [0.05, 0.1) is 81.1 Å². The Kier molecular flexibility index (Phi) is 29.1. The number of rotatable bonds is 34. The standard InChI is InChI=1S/2C25H23N7O.C24H22N6O.C23H22N4O2/c1-2-7-19(8-3-1)13-14-26-17-20-9-6-10-21(28-20)18-33-25-23-12-5-4-11-22(23)24(29-30-25)32-16-15-27-31-32;1-2-7-19(8-3-1)13-14-26-17-20-9-6-10-21(29-20)18-33-25-23-12-5-4-11-22(23)24(30-31-25)32-27-15-16-28-32;1-2-7-18(8-3-1)13-14-25-15-19-9-6-10-20(27-19)16-31-24-22-12-5-4-11-21(22)23-28-26-17-30(23)29-24;28-22-20-11-4-5-12-21(20)23(27-26-22)29-16-19-10-6-9-18(25-19)15-24-14-13-17-7-2-1-3-8-17/h2*1-12,15-16,26H,13-14,17-18H2;1-12,17,25H,13-16H2;1-12,24H,13-16H2,(H,26,28). The number of nitrogens with one attached hydrogen (secondary N) is 5. The van der Waals surface area contributed by atoms with Crippen molar-refractivity contribution in [1.29, 1.82) is 0 Å². The Labute approximate surface area is 725 Å². The average Bonchev–Trinajstić information content (AvgIpc) is 1.28. The molecule has 126 heavy (non-hydrogen) atoms. The Bertz CT molecular complexity index is 6490. The third kappa shape index (κ3) is 23.3. The zero-order valence-corrected chi connectivity index (χ0v) is 69.0. The predicted molar refractivity (Wildman–Crippen MR) is 481 cm³/mol. The van der Waals surface area contributed by atoms with Crippen LogP contribution in [0.5, 0.6) is 23.5 Å². The molecule has 11 heterocycles. The summed E-state index contributed by atoms with van der Waals surface area (Å²) in [5.41, 5.74) is 13.0. The van der Waals surface area contributed by atoms with Crippen LogP contribution >= 0.6 is 0 Å². The fraction of sp³-hybridized carbons (Fsp3) is 0.165. The molecule has 0 aliphatic heterocycles. The number of pyridine rings is 4. The van der Waals surface area contributed by atoms with Crippen LogP contribution in [-0.4, -0.2) is 127 Å². The topological polar surface area (TPSA) is 338 Å². The summed E-state index contributed by atoms with van der Waals surface area (Å²) in [6.45, 7) is 7.62. The molecule has 29 nitrogen and oxygen atoms in total. The van der Waals surface area contributed by atoms with Crippen molar-refractivity contribution in [2.24, 2.45) is 0 Å². The Morgan fingerprint density at radius 1 is 0.310 bits per heavy atom. The van der Waals surface area contributed by atoms with Gasteiger partial charge in [-0.15, -0.1) is 50.7 Å². The van der Waals surface area contributed by atoms with E-state index >= 15 is 0 Å². The van der Waals surface area contributed by atoms with Crippen molar-refractivity contribution in [2.75, 3.05) is 26.2 Å². The number of nitrogens with zero attached hydrogens (tertiary/aromatic N) is 19. The minimum Gasteiger partial charge on any atom is -0.470 e. The third-order valence-electron chi connectivity index (χ3n) is 20.1. The lowest BCUT2D eigenvalue weighted by atomic mass is 10.1. The number of hydrogen-bond donors (Lipinski definition) is 5. The molecule has 29 heteroatoms. The molecule has 0 saturated heterocycles. The first-order chi connectivity index (χ1) is 62.4. The summed E-state index contributed by atoms with van der Waals surface area (Å²) in [5, 5.41) is 72.9. The highest BCUT2D eigenvalue weighted by molar-refractivity contribution is 5.96. The number of aromatic amines is 1. The first-order valence-corrected chi connectivity index (χ1v) is 41.5. The van der Waals surface area contributed by atoms with Crippen LogP contribution in [0.4, 0.5) is 0 Å².